The van der Waals surface area contributed by atoms with E-state index in [9.17, 15) is 9.59 Å². The number of ether oxygens (including phenoxy) is 1. The summed E-state index contributed by atoms with van der Waals surface area (Å²) in [5, 5.41) is 0. The van der Waals surface area contributed by atoms with Gasteiger partial charge < -0.3 is 9.53 Å². The van der Waals surface area contributed by atoms with E-state index in [0.717, 1.165) is 40.1 Å². The van der Waals surface area contributed by atoms with E-state index in [1.807, 2.05) is 45.9 Å². The highest BCUT2D eigenvalue weighted by Gasteiger charge is 2.48. The molecule has 0 amide bonds. The number of rotatable bonds is 6. The topological polar surface area (TPSA) is 55.7 Å². The molecule has 1 aliphatic heterocycles. The van der Waals surface area contributed by atoms with Crippen molar-refractivity contribution in [3.8, 4) is 5.75 Å². The minimum atomic E-state index is -0.931. The van der Waals surface area contributed by atoms with Gasteiger partial charge in [0.05, 0.1) is 6.61 Å². The molecule has 1 heterocycles. The third kappa shape index (κ3) is 2.62. The Bertz CT molecular complexity index is 715. The second-order valence-corrected chi connectivity index (χ2v) is 5.85. The van der Waals surface area contributed by atoms with Crippen molar-refractivity contribution in [3.05, 3.63) is 40.6 Å². The lowest BCUT2D eigenvalue weighted by Crippen LogP contribution is -2.42. The number of hydrogen-bond donors (Lipinski definition) is 0. The second kappa shape index (κ2) is 6.49. The molecule has 23 heavy (non-hydrogen) atoms. The first kappa shape index (κ1) is 17.1. The van der Waals surface area contributed by atoms with Gasteiger partial charge in [-0.1, -0.05) is 6.07 Å². The largest absolute Gasteiger partial charge is 0.494 e. The quantitative estimate of drug-likeness (QED) is 0.755. The van der Waals surface area contributed by atoms with Crippen molar-refractivity contribution in [2.45, 2.75) is 46.5 Å². The monoisotopic (exact) mass is 313 g/mol. The molecule has 1 aromatic carbocycles. The average molecular weight is 313 g/mol. The number of aldehydes is 1. The lowest BCUT2D eigenvalue weighted by Gasteiger charge is -2.32. The summed E-state index contributed by atoms with van der Waals surface area (Å²) in [7, 11) is 0. The Morgan fingerprint density at radius 2 is 2.00 bits per heavy atom. The van der Waals surface area contributed by atoms with E-state index in [1.165, 1.54) is 0 Å². The number of benzene rings is 1. The molecular weight excluding hydrogens is 290 g/mol. The number of aliphatic imine (C=N–C) groups is 1. The lowest BCUT2D eigenvalue weighted by molar-refractivity contribution is -0.119. The van der Waals surface area contributed by atoms with Crippen LogP contribution in [-0.2, 0) is 15.0 Å². The van der Waals surface area contributed by atoms with Crippen LogP contribution in [0.1, 0.15) is 45.2 Å². The fourth-order valence-electron chi connectivity index (χ4n) is 3.60. The van der Waals surface area contributed by atoms with Gasteiger partial charge in [-0.05, 0) is 63.5 Å². The SMILES string of the molecule is CCOc1ccc(C2(C(C)=O)C(C)=NC(C)=C2CC=O)c(C)c1. The fourth-order valence-corrected chi connectivity index (χ4v) is 3.60. The predicted octanol–water partition coefficient (Wildman–Crippen LogP) is 3.56. The molecule has 0 spiro atoms. The summed E-state index contributed by atoms with van der Waals surface area (Å²) >= 11 is 0. The first-order chi connectivity index (χ1) is 10.9. The van der Waals surface area contributed by atoms with Crippen LogP contribution in [0, 0.1) is 6.92 Å². The van der Waals surface area contributed by atoms with Crippen molar-refractivity contribution in [3.63, 3.8) is 0 Å². The van der Waals surface area contributed by atoms with E-state index in [-0.39, 0.29) is 12.2 Å². The Morgan fingerprint density at radius 3 is 2.52 bits per heavy atom. The molecule has 0 radical (unpaired) electrons. The van der Waals surface area contributed by atoms with Gasteiger partial charge in [-0.3, -0.25) is 9.79 Å². The fraction of sp³-hybridized carbons (Fsp3) is 0.421. The maximum absolute atomic E-state index is 12.7. The number of carbonyl (C=O) groups is 2. The standard InChI is InChI=1S/C19H23NO3/c1-6-23-16-7-8-17(12(2)11-16)19(15(5)22)14(4)20-13(3)18(19)9-10-21/h7-8,10-11H,6,9H2,1-5H3. The maximum Gasteiger partial charge on any atom is 0.150 e. The van der Waals surface area contributed by atoms with Gasteiger partial charge in [0.15, 0.2) is 0 Å². The summed E-state index contributed by atoms with van der Waals surface area (Å²) in [6.07, 6.45) is 1.05. The lowest BCUT2D eigenvalue weighted by atomic mass is 9.67. The summed E-state index contributed by atoms with van der Waals surface area (Å²) < 4.78 is 5.54. The average Bonchev–Trinajstić information content (AvgIpc) is 2.72. The van der Waals surface area contributed by atoms with E-state index >= 15 is 0 Å². The summed E-state index contributed by atoms with van der Waals surface area (Å²) in [6.45, 7) is 9.77. The molecule has 1 aromatic rings. The minimum Gasteiger partial charge on any atom is -0.494 e. The predicted molar refractivity (Wildman–Crippen MR) is 91.2 cm³/mol. The van der Waals surface area contributed by atoms with Gasteiger partial charge in [0.2, 0.25) is 0 Å². The zero-order valence-corrected chi connectivity index (χ0v) is 14.4. The Balaban J connectivity index is 2.70. The number of Topliss-reactive ketones (excluding diaryl/α,β-unsaturated/α-hetero) is 1. The van der Waals surface area contributed by atoms with Gasteiger partial charge in [0, 0.05) is 17.8 Å². The summed E-state index contributed by atoms with van der Waals surface area (Å²) in [6, 6.07) is 5.73. The van der Waals surface area contributed by atoms with Crippen LogP contribution in [0.2, 0.25) is 0 Å². The highest BCUT2D eigenvalue weighted by Crippen LogP contribution is 2.44. The van der Waals surface area contributed by atoms with E-state index in [0.29, 0.717) is 6.61 Å². The van der Waals surface area contributed by atoms with Crippen molar-refractivity contribution in [2.24, 2.45) is 4.99 Å². The molecule has 0 aromatic heterocycles. The van der Waals surface area contributed by atoms with Gasteiger partial charge in [-0.15, -0.1) is 0 Å². The summed E-state index contributed by atoms with van der Waals surface area (Å²) in [4.78, 5) is 28.4. The van der Waals surface area contributed by atoms with E-state index in [1.54, 1.807) is 6.92 Å². The normalized spacial score (nSPS) is 20.5. The number of aryl methyl sites for hydroxylation is 1. The number of ketones is 1. The van der Waals surface area contributed by atoms with Gasteiger partial charge in [0.25, 0.3) is 0 Å². The highest BCUT2D eigenvalue weighted by molar-refractivity contribution is 6.19. The van der Waals surface area contributed by atoms with Crippen molar-refractivity contribution < 1.29 is 14.3 Å². The van der Waals surface area contributed by atoms with Crippen LogP contribution in [-0.4, -0.2) is 24.4 Å². The molecule has 1 aliphatic rings. The molecule has 0 bridgehead atoms. The summed E-state index contributed by atoms with van der Waals surface area (Å²) in [5.41, 5.74) is 3.18. The molecule has 122 valence electrons. The van der Waals surface area contributed by atoms with Gasteiger partial charge in [0.1, 0.15) is 23.2 Å². The van der Waals surface area contributed by atoms with Crippen LogP contribution >= 0.6 is 0 Å². The van der Waals surface area contributed by atoms with Crippen LogP contribution in [0.15, 0.2) is 34.5 Å². The van der Waals surface area contributed by atoms with Crippen LogP contribution in [0.25, 0.3) is 0 Å². The van der Waals surface area contributed by atoms with E-state index in [2.05, 4.69) is 4.99 Å². The molecule has 0 aliphatic carbocycles. The second-order valence-electron chi connectivity index (χ2n) is 5.85. The van der Waals surface area contributed by atoms with E-state index < -0.39 is 5.41 Å². The summed E-state index contributed by atoms with van der Waals surface area (Å²) in [5.74, 6) is 0.761. The van der Waals surface area contributed by atoms with Crippen LogP contribution in [0.5, 0.6) is 5.75 Å². The van der Waals surface area contributed by atoms with Gasteiger partial charge in [-0.2, -0.15) is 0 Å². The molecule has 2 rings (SSSR count). The zero-order chi connectivity index (χ0) is 17.2. The van der Waals surface area contributed by atoms with Crippen molar-refractivity contribution in [1.82, 2.24) is 0 Å². The molecule has 0 saturated carbocycles. The molecular formula is C19H23NO3. The van der Waals surface area contributed by atoms with Crippen LogP contribution in [0.3, 0.4) is 0 Å². The molecule has 1 unspecified atom stereocenters. The zero-order valence-electron chi connectivity index (χ0n) is 14.4. The van der Waals surface area contributed by atoms with Crippen molar-refractivity contribution >= 4 is 17.8 Å². The first-order valence-corrected chi connectivity index (χ1v) is 7.84. The smallest absolute Gasteiger partial charge is 0.150 e. The highest BCUT2D eigenvalue weighted by atomic mass is 16.5. The third-order valence-electron chi connectivity index (χ3n) is 4.50. The Labute approximate surface area is 137 Å². The van der Waals surface area contributed by atoms with Crippen LogP contribution in [0.4, 0.5) is 0 Å². The maximum atomic E-state index is 12.7. The Kier molecular flexibility index (Phi) is 4.83. The molecule has 0 fully saturated rings. The van der Waals surface area contributed by atoms with Crippen molar-refractivity contribution in [1.29, 1.82) is 0 Å². The molecule has 4 nitrogen and oxygen atoms in total. The van der Waals surface area contributed by atoms with E-state index in [4.69, 9.17) is 4.74 Å². The van der Waals surface area contributed by atoms with Gasteiger partial charge in [-0.25, -0.2) is 0 Å². The number of carbonyl (C=O) groups excluding carboxylic acids is 2. The number of allylic oxidation sites excluding steroid dienone is 2. The molecule has 4 heteroatoms. The Hall–Kier alpha value is -2.23. The minimum absolute atomic E-state index is 0.0142. The van der Waals surface area contributed by atoms with Crippen LogP contribution < -0.4 is 4.74 Å². The molecule has 0 N–H and O–H groups in total. The Morgan fingerprint density at radius 1 is 1.30 bits per heavy atom. The first-order valence-electron chi connectivity index (χ1n) is 7.84. The van der Waals surface area contributed by atoms with Gasteiger partial charge >= 0.3 is 0 Å². The molecule has 0 saturated heterocycles. The number of hydrogen-bond acceptors (Lipinski definition) is 4. The van der Waals surface area contributed by atoms with Crippen molar-refractivity contribution in [2.75, 3.05) is 6.61 Å². The molecule has 1 atom stereocenters. The number of nitrogens with zero attached hydrogens (tertiary/aromatic N) is 1. The third-order valence-corrected chi connectivity index (χ3v) is 4.50.